The molecule has 222 valence electrons. The lowest BCUT2D eigenvalue weighted by molar-refractivity contribution is -0.908. The number of rotatable bonds is 27. The van der Waals surface area contributed by atoms with Gasteiger partial charge in [0.1, 0.15) is 0 Å². The predicted octanol–water partition coefficient (Wildman–Crippen LogP) is 3.77. The highest BCUT2D eigenvalue weighted by molar-refractivity contribution is 4.51. The Balaban J connectivity index is -0.00000544. The molecule has 0 saturated carbocycles. The van der Waals surface area contributed by atoms with Crippen molar-refractivity contribution in [3.8, 4) is 0 Å². The molecule has 0 N–H and O–H groups in total. The summed E-state index contributed by atoms with van der Waals surface area (Å²) < 4.78 is 2.57. The molecule has 0 amide bonds. The number of hydrogen-bond acceptors (Lipinski definition) is 0. The van der Waals surface area contributed by atoms with E-state index in [2.05, 4.69) is 41.8 Å². The van der Waals surface area contributed by atoms with Crippen molar-refractivity contribution in [1.29, 1.82) is 0 Å². The second-order valence-electron chi connectivity index (χ2n) is 12.1. The van der Waals surface area contributed by atoms with Gasteiger partial charge in [-0.15, -0.1) is 0 Å². The van der Waals surface area contributed by atoms with Crippen LogP contribution in [0.3, 0.4) is 0 Å². The molecule has 0 fully saturated rings. The smallest absolute Gasteiger partial charge is 0.0784 e. The Morgan fingerprint density at radius 1 is 0.306 bits per heavy atom. The van der Waals surface area contributed by atoms with Gasteiger partial charge in [0.2, 0.25) is 0 Å². The van der Waals surface area contributed by atoms with Gasteiger partial charge >= 0.3 is 0 Å². The van der Waals surface area contributed by atoms with E-state index in [0.29, 0.717) is 0 Å². The highest BCUT2D eigenvalue weighted by atomic mass is 79.9. The van der Waals surface area contributed by atoms with E-state index in [1.54, 1.807) is 0 Å². The van der Waals surface area contributed by atoms with Gasteiger partial charge in [-0.1, -0.05) is 104 Å². The summed E-state index contributed by atoms with van der Waals surface area (Å²) in [6.07, 6.45) is 29.1. The van der Waals surface area contributed by atoms with Gasteiger partial charge in [-0.05, 0) is 52.4 Å². The van der Waals surface area contributed by atoms with Crippen molar-refractivity contribution in [2.75, 3.05) is 53.4 Å². The van der Waals surface area contributed by atoms with Crippen LogP contribution in [0.5, 0.6) is 0 Å². The third-order valence-corrected chi connectivity index (χ3v) is 8.70. The van der Waals surface area contributed by atoms with E-state index in [9.17, 15) is 0 Å². The van der Waals surface area contributed by atoms with E-state index in [-0.39, 0.29) is 34.0 Å². The predicted molar refractivity (Wildman–Crippen MR) is 157 cm³/mol. The summed E-state index contributed by atoms with van der Waals surface area (Å²) in [5.74, 6) is 0. The number of hydrogen-bond donors (Lipinski definition) is 0. The summed E-state index contributed by atoms with van der Waals surface area (Å²) in [4.78, 5) is 0. The zero-order valence-electron chi connectivity index (χ0n) is 26.0. The maximum absolute atomic E-state index is 2.45. The summed E-state index contributed by atoms with van der Waals surface area (Å²) in [7, 11) is 4.89. The van der Waals surface area contributed by atoms with E-state index < -0.39 is 0 Å². The van der Waals surface area contributed by atoms with Crippen LogP contribution in [0.25, 0.3) is 0 Å². The molecule has 0 aliphatic rings. The lowest BCUT2D eigenvalue weighted by atomic mass is 10.0. The molecule has 0 rings (SSSR count). The Bertz CT molecular complexity index is 383. The van der Waals surface area contributed by atoms with Gasteiger partial charge in [-0.25, -0.2) is 0 Å². The molecule has 0 bridgehead atoms. The third kappa shape index (κ3) is 25.2. The van der Waals surface area contributed by atoms with Gasteiger partial charge in [0, 0.05) is 0 Å². The fourth-order valence-electron chi connectivity index (χ4n) is 5.75. The first-order valence-electron chi connectivity index (χ1n) is 16.1. The number of unbranched alkanes of at least 4 members (excludes halogenated alkanes) is 17. The minimum Gasteiger partial charge on any atom is -1.00 e. The van der Waals surface area contributed by atoms with E-state index in [4.69, 9.17) is 0 Å². The van der Waals surface area contributed by atoms with Crippen LogP contribution in [0.15, 0.2) is 0 Å². The monoisotopic (exact) mass is 640 g/mol. The second-order valence-corrected chi connectivity index (χ2v) is 12.1. The Labute approximate surface area is 251 Å². The molecule has 0 aliphatic heterocycles. The van der Waals surface area contributed by atoms with Crippen LogP contribution in [0.4, 0.5) is 0 Å². The zero-order chi connectivity index (χ0) is 25.4. The van der Waals surface area contributed by atoms with E-state index in [0.717, 1.165) is 0 Å². The maximum atomic E-state index is 2.45. The summed E-state index contributed by atoms with van der Waals surface area (Å²) in [6, 6.07) is 0. The van der Waals surface area contributed by atoms with E-state index >= 15 is 0 Å². The molecule has 0 aromatic rings. The Morgan fingerprint density at radius 3 is 0.667 bits per heavy atom. The lowest BCUT2D eigenvalue weighted by Gasteiger charge is -2.33. The Hall–Kier alpha value is 0.880. The van der Waals surface area contributed by atoms with Crippen molar-refractivity contribution in [1.82, 2.24) is 0 Å². The SMILES string of the molecule is CCC[N+](C)(CC)CCCCCCCCCCCCCCCCCCCC[N+](C)(CC)CCC.[Br-].[Br-]. The maximum Gasteiger partial charge on any atom is 0.0784 e. The number of nitrogens with zero attached hydrogens (tertiary/aromatic N) is 2. The van der Waals surface area contributed by atoms with Gasteiger partial charge < -0.3 is 42.9 Å². The Kier molecular flexibility index (Phi) is 33.2. The van der Waals surface area contributed by atoms with E-state index in [1.807, 2.05) is 0 Å². The fraction of sp³-hybridized carbons (Fsp3) is 1.00. The third-order valence-electron chi connectivity index (χ3n) is 8.70. The normalized spacial score (nSPS) is 14.5. The number of halogens is 2. The van der Waals surface area contributed by atoms with Crippen LogP contribution in [0, 0.1) is 0 Å². The van der Waals surface area contributed by atoms with Crippen LogP contribution in [0.1, 0.15) is 156 Å². The van der Waals surface area contributed by atoms with Crippen LogP contribution in [0.2, 0.25) is 0 Å². The quantitative estimate of drug-likeness (QED) is 0.0947. The molecule has 0 spiro atoms. The average molecular weight is 643 g/mol. The van der Waals surface area contributed by atoms with Crippen molar-refractivity contribution < 1.29 is 42.9 Å². The second kappa shape index (κ2) is 28.9. The fourth-order valence-corrected chi connectivity index (χ4v) is 5.75. The van der Waals surface area contributed by atoms with Crippen molar-refractivity contribution in [2.45, 2.75) is 156 Å². The standard InChI is InChI=1S/C32H70N2.2BrH/c1-7-29-33(5,9-3)31-27-25-23-21-19-17-15-13-11-12-14-16-18-20-22-24-26-28-32-34(6,10-4)30-8-2;;/h7-32H2,1-6H3;2*1H/q+2;;/p-2. The van der Waals surface area contributed by atoms with Crippen LogP contribution in [-0.2, 0) is 0 Å². The van der Waals surface area contributed by atoms with Crippen LogP contribution in [-0.4, -0.2) is 62.3 Å². The first-order valence-corrected chi connectivity index (χ1v) is 16.1. The van der Waals surface area contributed by atoms with Gasteiger partial charge in [0.25, 0.3) is 0 Å². The first-order chi connectivity index (χ1) is 16.4. The molecule has 36 heavy (non-hydrogen) atoms. The topological polar surface area (TPSA) is 0 Å². The molecule has 0 aromatic heterocycles. The Morgan fingerprint density at radius 2 is 0.500 bits per heavy atom. The van der Waals surface area contributed by atoms with Crippen molar-refractivity contribution in [3.63, 3.8) is 0 Å². The van der Waals surface area contributed by atoms with Crippen molar-refractivity contribution >= 4 is 0 Å². The highest BCUT2D eigenvalue weighted by Crippen LogP contribution is 2.16. The van der Waals surface area contributed by atoms with E-state index in [1.165, 1.54) is 177 Å². The molecule has 0 radical (unpaired) electrons. The van der Waals surface area contributed by atoms with Gasteiger partial charge in [-0.3, -0.25) is 0 Å². The summed E-state index contributed by atoms with van der Waals surface area (Å²) >= 11 is 0. The molecule has 2 nitrogen and oxygen atoms in total. The van der Waals surface area contributed by atoms with Crippen molar-refractivity contribution in [2.24, 2.45) is 0 Å². The summed E-state index contributed by atoms with van der Waals surface area (Å²) in [5.41, 5.74) is 0. The lowest BCUT2D eigenvalue weighted by Crippen LogP contribution is -3.00. The molecule has 0 saturated heterocycles. The van der Waals surface area contributed by atoms with Gasteiger partial charge in [-0.2, -0.15) is 0 Å². The first kappa shape index (κ1) is 41.4. The molecular weight excluding hydrogens is 572 g/mol. The molecule has 0 aliphatic carbocycles. The molecule has 0 heterocycles. The minimum absolute atomic E-state index is 0. The molecule has 0 aromatic carbocycles. The minimum atomic E-state index is 0. The van der Waals surface area contributed by atoms with Gasteiger partial charge in [0.05, 0.1) is 53.4 Å². The average Bonchev–Trinajstić information content (AvgIpc) is 2.83. The van der Waals surface area contributed by atoms with Crippen LogP contribution >= 0.6 is 0 Å². The largest absolute Gasteiger partial charge is 1.00 e. The van der Waals surface area contributed by atoms with Gasteiger partial charge in [0.15, 0.2) is 0 Å². The molecule has 2 unspecified atom stereocenters. The molecular formula is C32H70Br2N2. The highest BCUT2D eigenvalue weighted by Gasteiger charge is 2.17. The van der Waals surface area contributed by atoms with Crippen molar-refractivity contribution in [3.05, 3.63) is 0 Å². The zero-order valence-corrected chi connectivity index (χ0v) is 29.2. The molecule has 2 atom stereocenters. The summed E-state index contributed by atoms with van der Waals surface area (Å²) in [5, 5.41) is 0. The van der Waals surface area contributed by atoms with Crippen LogP contribution < -0.4 is 34.0 Å². The number of quaternary nitrogens is 2. The summed E-state index contributed by atoms with van der Waals surface area (Å²) in [6.45, 7) is 17.4. The molecule has 4 heteroatoms.